The van der Waals surface area contributed by atoms with Crippen LogP contribution in [-0.4, -0.2) is 39.6 Å². The quantitative estimate of drug-likeness (QED) is 0.800. The summed E-state index contributed by atoms with van der Waals surface area (Å²) in [5, 5.41) is 9.83. The van der Waals surface area contributed by atoms with Crippen molar-refractivity contribution in [1.82, 2.24) is 0 Å². The highest BCUT2D eigenvalue weighted by Gasteiger charge is 2.40. The molecule has 27 heavy (non-hydrogen) atoms. The van der Waals surface area contributed by atoms with Gasteiger partial charge in [-0.1, -0.05) is 19.1 Å². The number of phenolic OH excluding ortho intramolecular Hbond substituents is 1. The molecule has 0 radical (unpaired) electrons. The first-order valence-electron chi connectivity index (χ1n) is 9.13. The summed E-state index contributed by atoms with van der Waals surface area (Å²) in [5.41, 5.74) is 2.35. The number of methoxy groups -OCH3 is 3. The lowest BCUT2D eigenvalue weighted by Crippen LogP contribution is -2.30. The van der Waals surface area contributed by atoms with Crippen LogP contribution in [0.4, 0.5) is 0 Å². The summed E-state index contributed by atoms with van der Waals surface area (Å²) < 4.78 is 21.9. The van der Waals surface area contributed by atoms with E-state index in [-0.39, 0.29) is 11.2 Å². The van der Waals surface area contributed by atoms with E-state index in [1.165, 1.54) is 5.56 Å². The van der Waals surface area contributed by atoms with Gasteiger partial charge in [-0.05, 0) is 54.2 Å². The monoisotopic (exact) mass is 372 g/mol. The number of phenols is 1. The summed E-state index contributed by atoms with van der Waals surface area (Å²) in [6, 6.07) is 11.6. The Bertz CT molecular complexity index is 788. The summed E-state index contributed by atoms with van der Waals surface area (Å²) in [7, 11) is 4.87. The fourth-order valence-corrected chi connectivity index (χ4v) is 3.84. The number of hydrogen-bond acceptors (Lipinski definition) is 5. The highest BCUT2D eigenvalue weighted by atomic mass is 16.5. The predicted octanol–water partition coefficient (Wildman–Crippen LogP) is 3.86. The molecule has 0 bridgehead atoms. The second-order valence-electron chi connectivity index (χ2n) is 7.44. The molecule has 3 rings (SSSR count). The second kappa shape index (κ2) is 8.09. The minimum Gasteiger partial charge on any atom is -0.504 e. The Morgan fingerprint density at radius 2 is 1.63 bits per heavy atom. The van der Waals surface area contributed by atoms with Crippen molar-refractivity contribution in [2.24, 2.45) is 11.3 Å². The molecule has 0 aromatic heterocycles. The molecular weight excluding hydrogens is 344 g/mol. The SMILES string of the molecule is COc1cc(C[C@@]2(C)COC[C@@H]2Cc2ccc(OC)c(OC)c2)ccc1O. The first kappa shape index (κ1) is 19.4. The normalized spacial score (nSPS) is 21.9. The van der Waals surface area contributed by atoms with Crippen molar-refractivity contribution < 1.29 is 24.1 Å². The van der Waals surface area contributed by atoms with E-state index in [1.807, 2.05) is 24.3 Å². The third-order valence-corrected chi connectivity index (χ3v) is 5.52. The van der Waals surface area contributed by atoms with Crippen LogP contribution in [0.15, 0.2) is 36.4 Å². The fraction of sp³-hybridized carbons (Fsp3) is 0.455. The van der Waals surface area contributed by atoms with Crippen molar-refractivity contribution in [3.63, 3.8) is 0 Å². The molecule has 0 saturated carbocycles. The van der Waals surface area contributed by atoms with Gasteiger partial charge < -0.3 is 24.1 Å². The van der Waals surface area contributed by atoms with Crippen LogP contribution in [0.3, 0.4) is 0 Å². The molecule has 1 aliphatic rings. The molecule has 2 atom stereocenters. The molecule has 146 valence electrons. The number of ether oxygens (including phenoxy) is 4. The van der Waals surface area contributed by atoms with E-state index in [9.17, 15) is 5.11 Å². The van der Waals surface area contributed by atoms with Gasteiger partial charge in [0, 0.05) is 5.41 Å². The molecule has 1 fully saturated rings. The maximum absolute atomic E-state index is 9.83. The molecule has 0 amide bonds. The Labute approximate surface area is 160 Å². The molecule has 1 N–H and O–H groups in total. The van der Waals surface area contributed by atoms with Gasteiger partial charge >= 0.3 is 0 Å². The molecule has 1 heterocycles. The molecule has 0 spiro atoms. The van der Waals surface area contributed by atoms with E-state index in [4.69, 9.17) is 18.9 Å². The third kappa shape index (κ3) is 4.14. The number of aromatic hydroxyl groups is 1. The highest BCUT2D eigenvalue weighted by Crippen LogP contribution is 2.41. The van der Waals surface area contributed by atoms with Gasteiger partial charge in [0.1, 0.15) is 0 Å². The van der Waals surface area contributed by atoms with Crippen LogP contribution >= 0.6 is 0 Å². The molecule has 2 aromatic carbocycles. The maximum Gasteiger partial charge on any atom is 0.160 e. The number of benzene rings is 2. The summed E-state index contributed by atoms with van der Waals surface area (Å²) in [4.78, 5) is 0. The van der Waals surface area contributed by atoms with Gasteiger partial charge in [-0.15, -0.1) is 0 Å². The van der Waals surface area contributed by atoms with Gasteiger partial charge in [-0.2, -0.15) is 0 Å². The first-order chi connectivity index (χ1) is 13.0. The lowest BCUT2D eigenvalue weighted by molar-refractivity contribution is 0.159. The smallest absolute Gasteiger partial charge is 0.160 e. The average molecular weight is 372 g/mol. The van der Waals surface area contributed by atoms with Gasteiger partial charge in [-0.3, -0.25) is 0 Å². The number of rotatable bonds is 7. The fourth-order valence-electron chi connectivity index (χ4n) is 3.84. The Balaban J connectivity index is 1.78. The van der Waals surface area contributed by atoms with Crippen molar-refractivity contribution in [3.05, 3.63) is 47.5 Å². The molecule has 1 aliphatic heterocycles. The van der Waals surface area contributed by atoms with Crippen molar-refractivity contribution >= 4 is 0 Å². The molecule has 0 aliphatic carbocycles. The summed E-state index contributed by atoms with van der Waals surface area (Å²) in [6.45, 7) is 3.72. The lowest BCUT2D eigenvalue weighted by atomic mass is 9.73. The van der Waals surface area contributed by atoms with Crippen molar-refractivity contribution in [2.45, 2.75) is 19.8 Å². The Morgan fingerprint density at radius 3 is 2.33 bits per heavy atom. The molecule has 5 nitrogen and oxygen atoms in total. The van der Waals surface area contributed by atoms with E-state index in [1.54, 1.807) is 27.4 Å². The minimum atomic E-state index is 0.00907. The highest BCUT2D eigenvalue weighted by molar-refractivity contribution is 5.43. The standard InChI is InChI=1S/C22H28O5/c1-22(12-16-5-7-18(23)20(11-16)25-3)14-27-13-17(22)9-15-6-8-19(24-2)21(10-15)26-4/h5-8,10-11,17,23H,9,12-14H2,1-4H3/t17-,22-/m0/s1. The molecular formula is C22H28O5. The van der Waals surface area contributed by atoms with E-state index in [0.717, 1.165) is 36.5 Å². The topological polar surface area (TPSA) is 57.2 Å². The second-order valence-corrected chi connectivity index (χ2v) is 7.44. The minimum absolute atomic E-state index is 0.00907. The summed E-state index contributed by atoms with van der Waals surface area (Å²) in [5.74, 6) is 2.54. The zero-order valence-electron chi connectivity index (χ0n) is 16.5. The summed E-state index contributed by atoms with van der Waals surface area (Å²) in [6.07, 6.45) is 1.77. The van der Waals surface area contributed by atoms with Crippen molar-refractivity contribution in [3.8, 4) is 23.0 Å². The lowest BCUT2D eigenvalue weighted by Gasteiger charge is -2.30. The van der Waals surface area contributed by atoms with E-state index in [2.05, 4.69) is 13.0 Å². The van der Waals surface area contributed by atoms with Gasteiger partial charge in [0.2, 0.25) is 0 Å². The Kier molecular flexibility index (Phi) is 5.80. The molecule has 1 saturated heterocycles. The van der Waals surface area contributed by atoms with E-state index < -0.39 is 0 Å². The van der Waals surface area contributed by atoms with Crippen LogP contribution in [0.2, 0.25) is 0 Å². The Morgan fingerprint density at radius 1 is 0.963 bits per heavy atom. The zero-order chi connectivity index (χ0) is 19.4. The van der Waals surface area contributed by atoms with Gasteiger partial charge in [0.05, 0.1) is 34.5 Å². The summed E-state index contributed by atoms with van der Waals surface area (Å²) >= 11 is 0. The van der Waals surface area contributed by atoms with Crippen molar-refractivity contribution in [1.29, 1.82) is 0 Å². The van der Waals surface area contributed by atoms with Gasteiger partial charge in [0.15, 0.2) is 23.0 Å². The molecule has 5 heteroatoms. The van der Waals surface area contributed by atoms with Crippen LogP contribution in [-0.2, 0) is 17.6 Å². The maximum atomic E-state index is 9.83. The van der Waals surface area contributed by atoms with Crippen LogP contribution in [0, 0.1) is 11.3 Å². The van der Waals surface area contributed by atoms with E-state index >= 15 is 0 Å². The zero-order valence-corrected chi connectivity index (χ0v) is 16.5. The number of hydrogen-bond donors (Lipinski definition) is 1. The van der Waals surface area contributed by atoms with Crippen LogP contribution in [0.5, 0.6) is 23.0 Å². The average Bonchev–Trinajstić information content (AvgIpc) is 3.03. The van der Waals surface area contributed by atoms with Crippen LogP contribution in [0.25, 0.3) is 0 Å². The largest absolute Gasteiger partial charge is 0.504 e. The van der Waals surface area contributed by atoms with Crippen molar-refractivity contribution in [2.75, 3.05) is 34.5 Å². The Hall–Kier alpha value is -2.40. The molecule has 0 unspecified atom stereocenters. The first-order valence-corrected chi connectivity index (χ1v) is 9.13. The molecule has 2 aromatic rings. The third-order valence-electron chi connectivity index (χ3n) is 5.52. The predicted molar refractivity (Wildman–Crippen MR) is 104 cm³/mol. The van der Waals surface area contributed by atoms with Crippen LogP contribution < -0.4 is 14.2 Å². The van der Waals surface area contributed by atoms with E-state index in [0.29, 0.717) is 18.3 Å². The van der Waals surface area contributed by atoms with Gasteiger partial charge in [-0.25, -0.2) is 0 Å². The van der Waals surface area contributed by atoms with Gasteiger partial charge in [0.25, 0.3) is 0 Å². The van der Waals surface area contributed by atoms with Crippen LogP contribution in [0.1, 0.15) is 18.1 Å².